The molecule has 0 atom stereocenters. The van der Waals surface area contributed by atoms with Crippen molar-refractivity contribution in [3.63, 3.8) is 0 Å². The molecule has 3 aromatic carbocycles. The Morgan fingerprint density at radius 3 is 2.37 bits per heavy atom. The van der Waals surface area contributed by atoms with E-state index in [-0.39, 0.29) is 4.90 Å². The Hall–Kier alpha value is -2.87. The third-order valence-electron chi connectivity index (χ3n) is 4.06. The lowest BCUT2D eigenvalue weighted by Crippen LogP contribution is -2.41. The standard InChI is InChI=1S/C19H13ClN2O4S/c20-13-6-8-14(9-7-13)27(24,25)22-21-19(23)12-5-10-18-16(11-12)15-3-1-2-4-17(15)26-18/h1-11,22H,(H,21,23). The van der Waals surface area contributed by atoms with Crippen LogP contribution in [0, 0.1) is 0 Å². The minimum absolute atomic E-state index is 0.0107. The van der Waals surface area contributed by atoms with Crippen LogP contribution in [0.2, 0.25) is 5.02 Å². The zero-order valence-electron chi connectivity index (χ0n) is 13.8. The molecular weight excluding hydrogens is 388 g/mol. The summed E-state index contributed by atoms with van der Waals surface area (Å²) in [5.41, 5.74) is 3.88. The average Bonchev–Trinajstić information content (AvgIpc) is 3.04. The van der Waals surface area contributed by atoms with Crippen molar-refractivity contribution in [2.45, 2.75) is 4.90 Å². The number of furan rings is 1. The van der Waals surface area contributed by atoms with Crippen molar-refractivity contribution in [2.24, 2.45) is 0 Å². The van der Waals surface area contributed by atoms with Crippen molar-refractivity contribution in [2.75, 3.05) is 0 Å². The summed E-state index contributed by atoms with van der Waals surface area (Å²) >= 11 is 5.76. The van der Waals surface area contributed by atoms with E-state index in [0.717, 1.165) is 10.8 Å². The fraction of sp³-hybridized carbons (Fsp3) is 0. The van der Waals surface area contributed by atoms with Crippen molar-refractivity contribution in [3.05, 3.63) is 77.3 Å². The molecular formula is C19H13ClN2O4S. The van der Waals surface area contributed by atoms with E-state index in [1.807, 2.05) is 24.3 Å². The highest BCUT2D eigenvalue weighted by Gasteiger charge is 2.16. The van der Waals surface area contributed by atoms with Crippen LogP contribution in [0.3, 0.4) is 0 Å². The Morgan fingerprint density at radius 1 is 0.889 bits per heavy atom. The van der Waals surface area contributed by atoms with Crippen molar-refractivity contribution in [1.29, 1.82) is 0 Å². The maximum atomic E-state index is 12.4. The van der Waals surface area contributed by atoms with Crippen molar-refractivity contribution >= 4 is 49.5 Å². The number of fused-ring (bicyclic) bond motifs is 3. The topological polar surface area (TPSA) is 88.4 Å². The van der Waals surface area contributed by atoms with Gasteiger partial charge in [-0.1, -0.05) is 29.8 Å². The van der Waals surface area contributed by atoms with Crippen LogP contribution in [0.5, 0.6) is 0 Å². The van der Waals surface area contributed by atoms with Gasteiger partial charge in [-0.3, -0.25) is 10.2 Å². The lowest BCUT2D eigenvalue weighted by Gasteiger charge is -2.08. The van der Waals surface area contributed by atoms with Crippen LogP contribution in [0.4, 0.5) is 0 Å². The highest BCUT2D eigenvalue weighted by atomic mass is 35.5. The number of halogens is 1. The van der Waals surface area contributed by atoms with Gasteiger partial charge in [0.2, 0.25) is 0 Å². The molecule has 0 saturated heterocycles. The van der Waals surface area contributed by atoms with Gasteiger partial charge in [0.05, 0.1) is 4.90 Å². The summed E-state index contributed by atoms with van der Waals surface area (Å²) in [4.78, 5) is 14.5. The third-order valence-corrected chi connectivity index (χ3v) is 5.58. The number of hydrogen-bond acceptors (Lipinski definition) is 4. The summed E-state index contributed by atoms with van der Waals surface area (Å²) in [6, 6.07) is 18.0. The van der Waals surface area contributed by atoms with Gasteiger partial charge in [-0.05, 0) is 48.5 Å². The minimum atomic E-state index is -3.91. The number of para-hydroxylation sites is 1. The second kappa shape index (κ2) is 6.70. The van der Waals surface area contributed by atoms with Crippen LogP contribution in [0.25, 0.3) is 21.9 Å². The Labute approximate surface area is 159 Å². The van der Waals surface area contributed by atoms with Gasteiger partial charge < -0.3 is 4.42 Å². The number of sulfonamides is 1. The van der Waals surface area contributed by atoms with Crippen LogP contribution < -0.4 is 10.3 Å². The van der Waals surface area contributed by atoms with Gasteiger partial charge in [0, 0.05) is 21.4 Å². The first-order valence-corrected chi connectivity index (χ1v) is 9.79. The molecule has 27 heavy (non-hydrogen) atoms. The number of hydrogen-bond donors (Lipinski definition) is 2. The van der Waals surface area contributed by atoms with E-state index in [4.69, 9.17) is 16.0 Å². The zero-order valence-corrected chi connectivity index (χ0v) is 15.3. The summed E-state index contributed by atoms with van der Waals surface area (Å²) < 4.78 is 30.2. The van der Waals surface area contributed by atoms with Crippen molar-refractivity contribution in [3.8, 4) is 0 Å². The molecule has 0 aliphatic heterocycles. The lowest BCUT2D eigenvalue weighted by atomic mass is 10.1. The second-order valence-electron chi connectivity index (χ2n) is 5.82. The summed E-state index contributed by atoms with van der Waals surface area (Å²) in [5, 5.41) is 2.07. The molecule has 1 amide bonds. The molecule has 8 heteroatoms. The molecule has 0 aliphatic carbocycles. The number of carbonyl (C=O) groups is 1. The monoisotopic (exact) mass is 400 g/mol. The van der Waals surface area contributed by atoms with Gasteiger partial charge in [-0.2, -0.15) is 0 Å². The van der Waals surface area contributed by atoms with Crippen LogP contribution in [-0.2, 0) is 10.0 Å². The van der Waals surface area contributed by atoms with Crippen LogP contribution in [0.1, 0.15) is 10.4 Å². The van der Waals surface area contributed by atoms with Crippen LogP contribution in [-0.4, -0.2) is 14.3 Å². The molecule has 4 aromatic rings. The Kier molecular flexibility index (Phi) is 4.35. The highest BCUT2D eigenvalue weighted by Crippen LogP contribution is 2.29. The molecule has 0 radical (unpaired) electrons. The minimum Gasteiger partial charge on any atom is -0.456 e. The van der Waals surface area contributed by atoms with Gasteiger partial charge in [0.1, 0.15) is 11.2 Å². The van der Waals surface area contributed by atoms with Crippen LogP contribution in [0.15, 0.2) is 76.0 Å². The first-order chi connectivity index (χ1) is 12.9. The molecule has 1 aromatic heterocycles. The number of hydrazine groups is 1. The smallest absolute Gasteiger partial charge is 0.266 e. The Bertz CT molecular complexity index is 1260. The SMILES string of the molecule is O=C(NNS(=O)(=O)c1ccc(Cl)cc1)c1ccc2oc3ccccc3c2c1. The van der Waals surface area contributed by atoms with E-state index < -0.39 is 15.9 Å². The molecule has 0 unspecified atom stereocenters. The number of rotatable bonds is 4. The number of carbonyl (C=O) groups excluding carboxylic acids is 1. The molecule has 0 saturated carbocycles. The predicted molar refractivity (Wildman–Crippen MR) is 103 cm³/mol. The first-order valence-electron chi connectivity index (χ1n) is 7.93. The molecule has 136 valence electrons. The quantitative estimate of drug-likeness (QED) is 0.509. The summed E-state index contributed by atoms with van der Waals surface area (Å²) in [7, 11) is -3.91. The molecule has 0 fully saturated rings. The van der Waals surface area contributed by atoms with Gasteiger partial charge >= 0.3 is 0 Å². The fourth-order valence-corrected chi connectivity index (χ4v) is 3.69. The van der Waals surface area contributed by atoms with Gasteiger partial charge in [-0.15, -0.1) is 4.83 Å². The van der Waals surface area contributed by atoms with E-state index in [2.05, 4.69) is 10.3 Å². The maximum absolute atomic E-state index is 12.4. The molecule has 2 N–H and O–H groups in total. The van der Waals surface area contributed by atoms with Gasteiger partial charge in [0.15, 0.2) is 0 Å². The molecule has 0 aliphatic rings. The van der Waals surface area contributed by atoms with E-state index >= 15 is 0 Å². The van der Waals surface area contributed by atoms with E-state index in [0.29, 0.717) is 21.8 Å². The van der Waals surface area contributed by atoms with Crippen molar-refractivity contribution < 1.29 is 17.6 Å². The van der Waals surface area contributed by atoms with E-state index in [1.165, 1.54) is 24.3 Å². The summed E-state index contributed by atoms with van der Waals surface area (Å²) in [6.07, 6.45) is 0. The molecule has 1 heterocycles. The zero-order chi connectivity index (χ0) is 19.0. The Morgan fingerprint density at radius 2 is 1.59 bits per heavy atom. The predicted octanol–water partition coefficient (Wildman–Crippen LogP) is 3.86. The highest BCUT2D eigenvalue weighted by molar-refractivity contribution is 7.89. The normalized spacial score (nSPS) is 11.7. The van der Waals surface area contributed by atoms with Crippen LogP contribution >= 0.6 is 11.6 Å². The van der Waals surface area contributed by atoms with Gasteiger partial charge in [0.25, 0.3) is 15.9 Å². The molecule has 0 bridgehead atoms. The fourth-order valence-electron chi connectivity index (χ4n) is 2.73. The second-order valence-corrected chi connectivity index (χ2v) is 7.94. The average molecular weight is 401 g/mol. The molecule has 4 rings (SSSR count). The summed E-state index contributed by atoms with van der Waals surface area (Å²) in [5.74, 6) is -0.584. The lowest BCUT2D eigenvalue weighted by molar-refractivity contribution is 0.0945. The van der Waals surface area contributed by atoms with Crippen molar-refractivity contribution in [1.82, 2.24) is 10.3 Å². The third kappa shape index (κ3) is 3.40. The molecule has 6 nitrogen and oxygen atoms in total. The Balaban J connectivity index is 1.57. The van der Waals surface area contributed by atoms with E-state index in [1.54, 1.807) is 18.2 Å². The number of benzene rings is 3. The number of nitrogens with one attached hydrogen (secondary N) is 2. The van der Waals surface area contributed by atoms with Gasteiger partial charge in [-0.25, -0.2) is 8.42 Å². The first kappa shape index (κ1) is 17.5. The van der Waals surface area contributed by atoms with E-state index in [9.17, 15) is 13.2 Å². The largest absolute Gasteiger partial charge is 0.456 e. The maximum Gasteiger partial charge on any atom is 0.266 e. The summed E-state index contributed by atoms with van der Waals surface area (Å²) in [6.45, 7) is 0. The molecule has 0 spiro atoms. The number of amides is 1.